The van der Waals surface area contributed by atoms with Gasteiger partial charge < -0.3 is 5.73 Å². The van der Waals surface area contributed by atoms with Gasteiger partial charge in [-0.2, -0.15) is 0 Å². The summed E-state index contributed by atoms with van der Waals surface area (Å²) in [5, 5.41) is 0. The van der Waals surface area contributed by atoms with Crippen LogP contribution in [0, 0.1) is 0 Å². The van der Waals surface area contributed by atoms with E-state index >= 15 is 0 Å². The van der Waals surface area contributed by atoms with E-state index in [0.717, 1.165) is 18.6 Å². The third kappa shape index (κ3) is 2.99. The van der Waals surface area contributed by atoms with E-state index in [1.165, 1.54) is 5.56 Å². The molecule has 2 heteroatoms. The molecule has 13 heavy (non-hydrogen) atoms. The molecule has 0 amide bonds. The molecule has 0 atom stereocenters. The van der Waals surface area contributed by atoms with Gasteiger partial charge in [0, 0.05) is 5.71 Å². The lowest BCUT2D eigenvalue weighted by Gasteiger charge is -2.03. The molecule has 1 rings (SSSR count). The molecule has 2 N–H and O–H groups in total. The highest BCUT2D eigenvalue weighted by Gasteiger charge is 1.99. The van der Waals surface area contributed by atoms with Crippen LogP contribution in [0.2, 0.25) is 0 Å². The second-order valence-corrected chi connectivity index (χ2v) is 2.90. The fourth-order valence-electron chi connectivity index (χ4n) is 1.29. The predicted molar refractivity (Wildman–Crippen MR) is 56.9 cm³/mol. The van der Waals surface area contributed by atoms with Crippen LogP contribution in [-0.2, 0) is 0 Å². The van der Waals surface area contributed by atoms with E-state index in [2.05, 4.69) is 24.0 Å². The molecule has 0 aliphatic carbocycles. The summed E-state index contributed by atoms with van der Waals surface area (Å²) in [6, 6.07) is 10.2. The summed E-state index contributed by atoms with van der Waals surface area (Å²) < 4.78 is 0. The Hall–Kier alpha value is -1.15. The number of nitrogens with zero attached hydrogens (tertiary/aromatic N) is 1. The van der Waals surface area contributed by atoms with E-state index in [1.807, 2.05) is 18.2 Å². The smallest absolute Gasteiger partial charge is 0.0862 e. The minimum atomic E-state index is 0.379. The third-order valence-corrected chi connectivity index (χ3v) is 1.88. The standard InChI is InChI=1S/C11H16N2/c1-2-6-11(13-9-12)10-7-4-3-5-8-10/h3-5,7-8H,2,6,9,12H2,1H3. The normalized spacial score (nSPS) is 11.7. The minimum Gasteiger partial charge on any atom is -0.312 e. The van der Waals surface area contributed by atoms with Gasteiger partial charge in [-0.3, -0.25) is 4.99 Å². The van der Waals surface area contributed by atoms with Gasteiger partial charge in [0.2, 0.25) is 0 Å². The highest BCUT2D eigenvalue weighted by atomic mass is 14.9. The van der Waals surface area contributed by atoms with Crippen LogP contribution in [0.25, 0.3) is 0 Å². The van der Waals surface area contributed by atoms with Crippen LogP contribution in [0.1, 0.15) is 25.3 Å². The number of benzene rings is 1. The van der Waals surface area contributed by atoms with E-state index in [9.17, 15) is 0 Å². The van der Waals surface area contributed by atoms with Crippen molar-refractivity contribution in [2.75, 3.05) is 6.67 Å². The number of hydrogen-bond acceptors (Lipinski definition) is 2. The van der Waals surface area contributed by atoms with Crippen LogP contribution >= 0.6 is 0 Å². The zero-order valence-corrected chi connectivity index (χ0v) is 8.03. The van der Waals surface area contributed by atoms with Crippen molar-refractivity contribution >= 4 is 5.71 Å². The van der Waals surface area contributed by atoms with Crippen molar-refractivity contribution in [1.82, 2.24) is 0 Å². The molecule has 0 saturated heterocycles. The first-order valence-electron chi connectivity index (χ1n) is 4.67. The fraction of sp³-hybridized carbons (Fsp3) is 0.364. The van der Waals surface area contributed by atoms with Crippen molar-refractivity contribution in [2.45, 2.75) is 19.8 Å². The quantitative estimate of drug-likeness (QED) is 0.702. The number of nitrogens with two attached hydrogens (primary N) is 1. The molecule has 1 aromatic rings. The van der Waals surface area contributed by atoms with Crippen LogP contribution in [0.5, 0.6) is 0 Å². The van der Waals surface area contributed by atoms with Crippen molar-refractivity contribution in [3.05, 3.63) is 35.9 Å². The molecule has 0 spiro atoms. The summed E-state index contributed by atoms with van der Waals surface area (Å²) in [7, 11) is 0. The Morgan fingerprint density at radius 1 is 1.31 bits per heavy atom. The molecule has 0 unspecified atom stereocenters. The second kappa shape index (κ2) is 5.49. The Morgan fingerprint density at radius 2 is 2.00 bits per heavy atom. The molecule has 0 radical (unpaired) electrons. The van der Waals surface area contributed by atoms with E-state index in [1.54, 1.807) is 0 Å². The SMILES string of the molecule is CCCC(=NCN)c1ccccc1. The van der Waals surface area contributed by atoms with Crippen LogP contribution in [0.3, 0.4) is 0 Å². The van der Waals surface area contributed by atoms with E-state index < -0.39 is 0 Å². The first-order valence-corrected chi connectivity index (χ1v) is 4.67. The molecule has 1 aromatic carbocycles. The van der Waals surface area contributed by atoms with Crippen molar-refractivity contribution in [1.29, 1.82) is 0 Å². The van der Waals surface area contributed by atoms with Crippen LogP contribution in [0.15, 0.2) is 35.3 Å². The maximum absolute atomic E-state index is 5.41. The Balaban J connectivity index is 2.83. The maximum atomic E-state index is 5.41. The van der Waals surface area contributed by atoms with Gasteiger partial charge in [0.05, 0.1) is 6.67 Å². The highest BCUT2D eigenvalue weighted by Crippen LogP contribution is 2.05. The molecule has 0 fully saturated rings. The van der Waals surface area contributed by atoms with Crippen molar-refractivity contribution in [3.63, 3.8) is 0 Å². The Bertz CT molecular complexity index is 265. The van der Waals surface area contributed by atoms with Crippen LogP contribution < -0.4 is 5.73 Å². The first-order chi connectivity index (χ1) is 6.38. The lowest BCUT2D eigenvalue weighted by atomic mass is 10.1. The van der Waals surface area contributed by atoms with E-state index in [-0.39, 0.29) is 0 Å². The van der Waals surface area contributed by atoms with Gasteiger partial charge in [0.1, 0.15) is 0 Å². The highest BCUT2D eigenvalue weighted by molar-refractivity contribution is 6.00. The van der Waals surface area contributed by atoms with Gasteiger partial charge in [-0.1, -0.05) is 43.7 Å². The predicted octanol–water partition coefficient (Wildman–Crippen LogP) is 2.19. The number of aliphatic imine (C=N–C) groups is 1. The topological polar surface area (TPSA) is 38.4 Å². The lowest BCUT2D eigenvalue weighted by Crippen LogP contribution is -2.05. The first kappa shape index (κ1) is 9.93. The molecule has 0 bridgehead atoms. The van der Waals surface area contributed by atoms with Gasteiger partial charge >= 0.3 is 0 Å². The molecule has 0 aliphatic rings. The summed E-state index contributed by atoms with van der Waals surface area (Å²) in [6.07, 6.45) is 2.11. The number of rotatable bonds is 4. The van der Waals surface area contributed by atoms with Crippen molar-refractivity contribution in [2.24, 2.45) is 10.7 Å². The summed E-state index contributed by atoms with van der Waals surface area (Å²) in [5.74, 6) is 0. The summed E-state index contributed by atoms with van der Waals surface area (Å²) in [6.45, 7) is 2.53. The number of hydrogen-bond donors (Lipinski definition) is 1. The van der Waals surface area contributed by atoms with Gasteiger partial charge in [0.15, 0.2) is 0 Å². The second-order valence-electron chi connectivity index (χ2n) is 2.90. The average Bonchev–Trinajstić information content (AvgIpc) is 2.19. The van der Waals surface area contributed by atoms with E-state index in [0.29, 0.717) is 6.67 Å². The van der Waals surface area contributed by atoms with Crippen LogP contribution in [-0.4, -0.2) is 12.4 Å². The summed E-state index contributed by atoms with van der Waals surface area (Å²) in [5.41, 5.74) is 7.72. The summed E-state index contributed by atoms with van der Waals surface area (Å²) >= 11 is 0. The van der Waals surface area contributed by atoms with Crippen LogP contribution in [0.4, 0.5) is 0 Å². The van der Waals surface area contributed by atoms with Crippen molar-refractivity contribution in [3.8, 4) is 0 Å². The molecule has 70 valence electrons. The van der Waals surface area contributed by atoms with Gasteiger partial charge in [-0.05, 0) is 12.0 Å². The molecular weight excluding hydrogens is 160 g/mol. The monoisotopic (exact) mass is 176 g/mol. The zero-order valence-electron chi connectivity index (χ0n) is 8.03. The van der Waals surface area contributed by atoms with Gasteiger partial charge in [0.25, 0.3) is 0 Å². The Labute approximate surface area is 79.5 Å². The zero-order chi connectivity index (χ0) is 9.52. The lowest BCUT2D eigenvalue weighted by molar-refractivity contribution is 0.968. The van der Waals surface area contributed by atoms with Gasteiger partial charge in [-0.25, -0.2) is 0 Å². The minimum absolute atomic E-state index is 0.379. The molecule has 0 aliphatic heterocycles. The summed E-state index contributed by atoms with van der Waals surface area (Å²) in [4.78, 5) is 4.28. The average molecular weight is 176 g/mol. The molecule has 2 nitrogen and oxygen atoms in total. The van der Waals surface area contributed by atoms with E-state index in [4.69, 9.17) is 5.73 Å². The molecule has 0 saturated carbocycles. The molecule has 0 aromatic heterocycles. The van der Waals surface area contributed by atoms with Gasteiger partial charge in [-0.15, -0.1) is 0 Å². The molecule has 0 heterocycles. The maximum Gasteiger partial charge on any atom is 0.0862 e. The fourth-order valence-corrected chi connectivity index (χ4v) is 1.29. The third-order valence-electron chi connectivity index (χ3n) is 1.88. The Kier molecular flexibility index (Phi) is 4.19. The molecular formula is C11H16N2. The largest absolute Gasteiger partial charge is 0.312 e. The Morgan fingerprint density at radius 3 is 2.54 bits per heavy atom. The van der Waals surface area contributed by atoms with Crippen molar-refractivity contribution < 1.29 is 0 Å².